The van der Waals surface area contributed by atoms with Crippen LogP contribution in [0.1, 0.15) is 28.4 Å². The van der Waals surface area contributed by atoms with Crippen LogP contribution >= 0.6 is 0 Å². The van der Waals surface area contributed by atoms with Crippen molar-refractivity contribution < 1.29 is 23.9 Å². The van der Waals surface area contributed by atoms with E-state index in [0.29, 0.717) is 28.2 Å². The first-order valence-electron chi connectivity index (χ1n) is 8.31. The maximum absolute atomic E-state index is 13.0. The molecule has 27 heavy (non-hydrogen) atoms. The smallest absolute Gasteiger partial charge is 0.325 e. The fourth-order valence-corrected chi connectivity index (χ4v) is 3.25. The number of carbonyl (C=O) groups excluding carboxylic acids is 3. The monoisotopic (exact) mass is 367 g/mol. The predicted molar refractivity (Wildman–Crippen MR) is 94.0 cm³/mol. The van der Waals surface area contributed by atoms with Gasteiger partial charge in [0.15, 0.2) is 11.5 Å². The van der Waals surface area contributed by atoms with Crippen LogP contribution in [0.15, 0.2) is 42.5 Å². The summed E-state index contributed by atoms with van der Waals surface area (Å²) >= 11 is 0. The standard InChI is InChI=1S/C19H17N3O5/c1-19(13-5-6-14-15(8-13)27-10-26-14)17(24)22(18(25)21-19)9-11-3-2-4-12(7-11)16(20)23/h2-8H,9-10H2,1H3,(H2,20,23)(H,21,25). The van der Waals surface area contributed by atoms with E-state index < -0.39 is 23.4 Å². The van der Waals surface area contributed by atoms with Gasteiger partial charge in [-0.1, -0.05) is 18.2 Å². The largest absolute Gasteiger partial charge is 0.454 e. The molecule has 0 saturated carbocycles. The lowest BCUT2D eigenvalue weighted by atomic mass is 9.91. The van der Waals surface area contributed by atoms with Gasteiger partial charge in [-0.25, -0.2) is 4.79 Å². The Morgan fingerprint density at radius 3 is 2.74 bits per heavy atom. The Hall–Kier alpha value is -3.55. The molecule has 0 radical (unpaired) electrons. The number of urea groups is 1. The lowest BCUT2D eigenvalue weighted by Crippen LogP contribution is -2.40. The maximum atomic E-state index is 13.0. The van der Waals surface area contributed by atoms with Crippen LogP contribution in [0, 0.1) is 0 Å². The number of nitrogens with zero attached hydrogens (tertiary/aromatic N) is 1. The van der Waals surface area contributed by atoms with Crippen molar-refractivity contribution in [1.29, 1.82) is 0 Å². The number of benzene rings is 2. The first-order chi connectivity index (χ1) is 12.9. The third-order valence-electron chi connectivity index (χ3n) is 4.78. The van der Waals surface area contributed by atoms with Gasteiger partial charge in [0.05, 0.1) is 6.54 Å². The molecule has 2 aliphatic rings. The van der Waals surface area contributed by atoms with E-state index in [2.05, 4.69) is 5.32 Å². The van der Waals surface area contributed by atoms with Crippen LogP contribution in [-0.2, 0) is 16.9 Å². The summed E-state index contributed by atoms with van der Waals surface area (Å²) in [6.07, 6.45) is 0. The number of fused-ring (bicyclic) bond motifs is 1. The number of ether oxygens (including phenoxy) is 2. The Morgan fingerprint density at radius 2 is 1.96 bits per heavy atom. The summed E-state index contributed by atoms with van der Waals surface area (Å²) in [6.45, 7) is 1.80. The quantitative estimate of drug-likeness (QED) is 0.795. The molecule has 1 unspecified atom stereocenters. The Labute approximate surface area is 154 Å². The van der Waals surface area contributed by atoms with Crippen LogP contribution < -0.4 is 20.5 Å². The summed E-state index contributed by atoms with van der Waals surface area (Å²) in [4.78, 5) is 38.0. The van der Waals surface area contributed by atoms with E-state index >= 15 is 0 Å². The molecule has 8 heteroatoms. The van der Waals surface area contributed by atoms with Gasteiger partial charge in [0, 0.05) is 5.56 Å². The molecule has 0 aromatic heterocycles. The fourth-order valence-electron chi connectivity index (χ4n) is 3.25. The van der Waals surface area contributed by atoms with Crippen molar-refractivity contribution in [1.82, 2.24) is 10.2 Å². The average molecular weight is 367 g/mol. The second kappa shape index (κ2) is 6.01. The number of primary amides is 1. The second-order valence-corrected chi connectivity index (χ2v) is 6.58. The highest BCUT2D eigenvalue weighted by molar-refractivity contribution is 6.07. The first-order valence-corrected chi connectivity index (χ1v) is 8.31. The fraction of sp³-hybridized carbons (Fsp3) is 0.211. The molecule has 3 N–H and O–H groups in total. The molecule has 2 heterocycles. The number of carbonyl (C=O) groups is 3. The molecule has 1 fully saturated rings. The Bertz CT molecular complexity index is 974. The summed E-state index contributed by atoms with van der Waals surface area (Å²) in [7, 11) is 0. The van der Waals surface area contributed by atoms with Crippen LogP contribution in [0.2, 0.25) is 0 Å². The van der Waals surface area contributed by atoms with Crippen LogP contribution in [0.5, 0.6) is 11.5 Å². The van der Waals surface area contributed by atoms with Crippen molar-refractivity contribution in [3.63, 3.8) is 0 Å². The second-order valence-electron chi connectivity index (χ2n) is 6.58. The number of imide groups is 1. The predicted octanol–water partition coefficient (Wildman–Crippen LogP) is 1.48. The van der Waals surface area contributed by atoms with E-state index in [1.54, 1.807) is 49.4 Å². The molecule has 0 bridgehead atoms. The van der Waals surface area contributed by atoms with Crippen molar-refractivity contribution in [2.24, 2.45) is 5.73 Å². The molecule has 1 atom stereocenters. The molecule has 4 rings (SSSR count). The minimum atomic E-state index is -1.22. The molecule has 138 valence electrons. The van der Waals surface area contributed by atoms with Crippen LogP contribution in [0.4, 0.5) is 4.79 Å². The first kappa shape index (κ1) is 16.9. The zero-order valence-corrected chi connectivity index (χ0v) is 14.5. The Morgan fingerprint density at radius 1 is 1.19 bits per heavy atom. The maximum Gasteiger partial charge on any atom is 0.325 e. The summed E-state index contributed by atoms with van der Waals surface area (Å²) < 4.78 is 10.6. The van der Waals surface area contributed by atoms with Gasteiger partial charge in [0.25, 0.3) is 5.91 Å². The van der Waals surface area contributed by atoms with Crippen molar-refractivity contribution in [2.45, 2.75) is 19.0 Å². The SMILES string of the molecule is CC1(c2ccc3c(c2)OCO3)NC(=O)N(Cc2cccc(C(N)=O)c2)C1=O. The summed E-state index contributed by atoms with van der Waals surface area (Å²) in [6, 6.07) is 11.1. The third kappa shape index (κ3) is 2.75. The zero-order valence-electron chi connectivity index (χ0n) is 14.5. The Kier molecular flexibility index (Phi) is 3.76. The molecule has 8 nitrogen and oxygen atoms in total. The van der Waals surface area contributed by atoms with Crippen LogP contribution in [-0.4, -0.2) is 29.5 Å². The topological polar surface area (TPSA) is 111 Å². The number of nitrogens with one attached hydrogen (secondary N) is 1. The van der Waals surface area contributed by atoms with E-state index in [1.165, 1.54) is 0 Å². The lowest BCUT2D eigenvalue weighted by Gasteiger charge is -2.22. The van der Waals surface area contributed by atoms with Gasteiger partial charge in [-0.3, -0.25) is 14.5 Å². The van der Waals surface area contributed by atoms with E-state index in [9.17, 15) is 14.4 Å². The zero-order chi connectivity index (χ0) is 19.2. The normalized spacial score (nSPS) is 20.7. The number of hydrogen-bond donors (Lipinski definition) is 2. The summed E-state index contributed by atoms with van der Waals surface area (Å²) in [5, 5.41) is 2.74. The minimum absolute atomic E-state index is 0.0337. The van der Waals surface area contributed by atoms with Gasteiger partial charge in [-0.15, -0.1) is 0 Å². The summed E-state index contributed by atoms with van der Waals surface area (Å²) in [5.41, 5.74) is 5.61. The third-order valence-corrected chi connectivity index (χ3v) is 4.78. The highest BCUT2D eigenvalue weighted by atomic mass is 16.7. The highest BCUT2D eigenvalue weighted by Gasteiger charge is 2.49. The summed E-state index contributed by atoms with van der Waals surface area (Å²) in [5.74, 6) is 0.165. The average Bonchev–Trinajstić information content (AvgIpc) is 3.20. The molecule has 0 aliphatic carbocycles. The van der Waals surface area contributed by atoms with Crippen molar-refractivity contribution >= 4 is 17.8 Å². The molecular weight excluding hydrogens is 350 g/mol. The molecule has 1 saturated heterocycles. The van der Waals surface area contributed by atoms with E-state index in [-0.39, 0.29) is 13.3 Å². The molecule has 0 spiro atoms. The number of nitrogens with two attached hydrogens (primary N) is 1. The van der Waals surface area contributed by atoms with Crippen LogP contribution in [0.25, 0.3) is 0 Å². The van der Waals surface area contributed by atoms with Gasteiger partial charge < -0.3 is 20.5 Å². The molecule has 2 aliphatic heterocycles. The van der Waals surface area contributed by atoms with Gasteiger partial charge in [0.1, 0.15) is 5.54 Å². The molecule has 2 aromatic carbocycles. The van der Waals surface area contributed by atoms with Gasteiger partial charge in [-0.05, 0) is 42.3 Å². The minimum Gasteiger partial charge on any atom is -0.454 e. The van der Waals surface area contributed by atoms with E-state index in [1.807, 2.05) is 0 Å². The highest BCUT2D eigenvalue weighted by Crippen LogP contribution is 2.38. The molecule has 4 amide bonds. The number of rotatable bonds is 4. The van der Waals surface area contributed by atoms with Gasteiger partial charge >= 0.3 is 6.03 Å². The van der Waals surface area contributed by atoms with E-state index in [4.69, 9.17) is 15.2 Å². The number of amides is 4. The Balaban J connectivity index is 1.62. The van der Waals surface area contributed by atoms with Crippen molar-refractivity contribution in [3.8, 4) is 11.5 Å². The molecular formula is C19H17N3O5. The van der Waals surface area contributed by atoms with Gasteiger partial charge in [0.2, 0.25) is 12.7 Å². The van der Waals surface area contributed by atoms with Gasteiger partial charge in [-0.2, -0.15) is 0 Å². The van der Waals surface area contributed by atoms with Crippen molar-refractivity contribution in [2.75, 3.05) is 6.79 Å². The number of hydrogen-bond acceptors (Lipinski definition) is 5. The van der Waals surface area contributed by atoms with E-state index in [0.717, 1.165) is 4.90 Å². The lowest BCUT2D eigenvalue weighted by molar-refractivity contribution is -0.131. The van der Waals surface area contributed by atoms with Crippen LogP contribution in [0.3, 0.4) is 0 Å². The van der Waals surface area contributed by atoms with Crippen molar-refractivity contribution in [3.05, 3.63) is 59.2 Å². The molecule has 2 aromatic rings.